The summed E-state index contributed by atoms with van der Waals surface area (Å²) in [6, 6.07) is 5.66. The van der Waals surface area contributed by atoms with Crippen LogP contribution in [0.1, 0.15) is 22.3 Å². The summed E-state index contributed by atoms with van der Waals surface area (Å²) in [4.78, 5) is 29.0. The Morgan fingerprint density at radius 3 is 2.72 bits per heavy atom. The molecule has 3 aliphatic rings. The van der Waals surface area contributed by atoms with Crippen molar-refractivity contribution in [3.8, 4) is 5.75 Å². The lowest BCUT2D eigenvalue weighted by Crippen LogP contribution is -2.54. The van der Waals surface area contributed by atoms with Gasteiger partial charge >= 0.3 is 0 Å². The molecule has 7 heteroatoms. The summed E-state index contributed by atoms with van der Waals surface area (Å²) in [6.07, 6.45) is 1.96. The van der Waals surface area contributed by atoms with Crippen molar-refractivity contribution in [2.24, 2.45) is 0 Å². The molecule has 2 saturated heterocycles. The first-order chi connectivity index (χ1) is 12.2. The van der Waals surface area contributed by atoms with Gasteiger partial charge in [-0.05, 0) is 36.6 Å². The zero-order chi connectivity index (χ0) is 17.2. The van der Waals surface area contributed by atoms with Crippen LogP contribution < -0.4 is 10.1 Å². The van der Waals surface area contributed by atoms with E-state index in [1.165, 1.54) is 0 Å². The van der Waals surface area contributed by atoms with Crippen molar-refractivity contribution < 1.29 is 14.3 Å². The van der Waals surface area contributed by atoms with Gasteiger partial charge in [0, 0.05) is 43.4 Å². The van der Waals surface area contributed by atoms with Crippen molar-refractivity contribution >= 4 is 23.6 Å². The van der Waals surface area contributed by atoms with E-state index in [2.05, 4.69) is 5.32 Å². The molecule has 0 radical (unpaired) electrons. The van der Waals surface area contributed by atoms with E-state index in [0.717, 1.165) is 48.0 Å². The zero-order valence-corrected chi connectivity index (χ0v) is 15.0. The number of carbonyl (C=O) groups is 2. The number of aryl methyl sites for hydroxylation is 1. The van der Waals surface area contributed by atoms with E-state index in [0.29, 0.717) is 26.2 Å². The van der Waals surface area contributed by atoms with E-state index in [-0.39, 0.29) is 17.9 Å². The summed E-state index contributed by atoms with van der Waals surface area (Å²) in [5, 5.41) is 3.22. The molecule has 25 heavy (non-hydrogen) atoms. The van der Waals surface area contributed by atoms with Crippen molar-refractivity contribution in [1.29, 1.82) is 0 Å². The number of ether oxygens (including phenoxy) is 1. The minimum Gasteiger partial charge on any atom is -0.493 e. The number of rotatable bonds is 2. The molecule has 1 atom stereocenters. The average Bonchev–Trinajstić information content (AvgIpc) is 3.21. The fourth-order valence-electron chi connectivity index (χ4n) is 3.58. The molecule has 0 spiro atoms. The third-order valence-corrected chi connectivity index (χ3v) is 5.99. The number of amides is 2. The molecule has 134 valence electrons. The minimum absolute atomic E-state index is 0.0509. The van der Waals surface area contributed by atoms with Gasteiger partial charge in [0.05, 0.1) is 12.6 Å². The smallest absolute Gasteiger partial charge is 0.253 e. The van der Waals surface area contributed by atoms with Crippen LogP contribution in [0.2, 0.25) is 0 Å². The Balaban J connectivity index is 1.37. The molecule has 0 aliphatic carbocycles. The first kappa shape index (κ1) is 16.7. The number of benzene rings is 1. The first-order valence-corrected chi connectivity index (χ1v) is 10.0. The van der Waals surface area contributed by atoms with Crippen LogP contribution in [-0.4, -0.2) is 72.1 Å². The van der Waals surface area contributed by atoms with Gasteiger partial charge in [-0.1, -0.05) is 0 Å². The average molecular weight is 361 g/mol. The minimum atomic E-state index is -0.0621. The summed E-state index contributed by atoms with van der Waals surface area (Å²) < 4.78 is 5.62. The summed E-state index contributed by atoms with van der Waals surface area (Å²) in [6.45, 7) is 3.17. The highest BCUT2D eigenvalue weighted by atomic mass is 32.2. The number of nitrogens with zero attached hydrogens (tertiary/aromatic N) is 2. The maximum Gasteiger partial charge on any atom is 0.253 e. The molecule has 2 fully saturated rings. The molecule has 0 aromatic heterocycles. The summed E-state index contributed by atoms with van der Waals surface area (Å²) in [5.74, 6) is 2.81. The molecular formula is C18H23N3O3S. The third-order valence-electron chi connectivity index (χ3n) is 5.05. The number of piperazine rings is 1. The van der Waals surface area contributed by atoms with E-state index in [1.54, 1.807) is 11.8 Å². The number of hydrogen-bond donors (Lipinski definition) is 1. The van der Waals surface area contributed by atoms with Crippen molar-refractivity contribution in [3.05, 3.63) is 29.3 Å². The second-order valence-electron chi connectivity index (χ2n) is 6.66. The number of carbonyl (C=O) groups excluding carboxylic acids is 2. The van der Waals surface area contributed by atoms with Crippen LogP contribution >= 0.6 is 11.8 Å². The van der Waals surface area contributed by atoms with Gasteiger partial charge in [-0.3, -0.25) is 14.9 Å². The first-order valence-electron chi connectivity index (χ1n) is 8.87. The molecule has 1 aromatic rings. The van der Waals surface area contributed by atoms with Crippen LogP contribution in [0.25, 0.3) is 0 Å². The summed E-state index contributed by atoms with van der Waals surface area (Å²) >= 11 is 1.76. The van der Waals surface area contributed by atoms with Crippen LogP contribution in [0.3, 0.4) is 0 Å². The number of hydrogen-bond acceptors (Lipinski definition) is 5. The van der Waals surface area contributed by atoms with Gasteiger partial charge in [0.15, 0.2) is 0 Å². The molecule has 1 unspecified atom stereocenters. The molecule has 3 heterocycles. The van der Waals surface area contributed by atoms with Crippen LogP contribution in [0, 0.1) is 0 Å². The second kappa shape index (κ2) is 7.25. The Kier molecular flexibility index (Phi) is 4.85. The van der Waals surface area contributed by atoms with Crippen molar-refractivity contribution in [2.75, 3.05) is 44.4 Å². The lowest BCUT2D eigenvalue weighted by molar-refractivity contribution is -0.134. The quantitative estimate of drug-likeness (QED) is 0.850. The maximum absolute atomic E-state index is 12.8. The predicted octanol–water partition coefficient (Wildman–Crippen LogP) is 0.958. The Morgan fingerprint density at radius 2 is 1.96 bits per heavy atom. The molecule has 1 N–H and O–H groups in total. The standard InChI is InChI=1S/C18H23N3O3S/c22-17(14-3-4-16-13(10-14)2-1-9-24-16)20-5-7-21(8-6-20)18(23)15-11-25-12-19-15/h3-4,10,15,19H,1-2,5-9,11-12H2. The Bertz CT molecular complexity index is 668. The molecule has 0 saturated carbocycles. The van der Waals surface area contributed by atoms with Crippen LogP contribution in [0.4, 0.5) is 0 Å². The van der Waals surface area contributed by atoms with E-state index < -0.39 is 0 Å². The van der Waals surface area contributed by atoms with Crippen molar-refractivity contribution in [3.63, 3.8) is 0 Å². The fourth-order valence-corrected chi connectivity index (χ4v) is 4.51. The molecule has 0 bridgehead atoms. The Morgan fingerprint density at radius 1 is 1.16 bits per heavy atom. The topological polar surface area (TPSA) is 61.9 Å². The lowest BCUT2D eigenvalue weighted by Gasteiger charge is -2.36. The van der Waals surface area contributed by atoms with E-state index in [1.807, 2.05) is 28.0 Å². The Labute approximate surface area is 151 Å². The maximum atomic E-state index is 12.8. The van der Waals surface area contributed by atoms with Gasteiger partial charge in [0.2, 0.25) is 5.91 Å². The van der Waals surface area contributed by atoms with Gasteiger partial charge < -0.3 is 14.5 Å². The van der Waals surface area contributed by atoms with Crippen molar-refractivity contribution in [1.82, 2.24) is 15.1 Å². The number of thioether (sulfide) groups is 1. The highest BCUT2D eigenvalue weighted by Gasteiger charge is 2.31. The normalized spacial score (nSPS) is 23.1. The molecular weight excluding hydrogens is 338 g/mol. The van der Waals surface area contributed by atoms with Gasteiger partial charge in [-0.2, -0.15) is 0 Å². The third kappa shape index (κ3) is 3.48. The van der Waals surface area contributed by atoms with E-state index in [4.69, 9.17) is 4.74 Å². The molecule has 4 rings (SSSR count). The number of nitrogens with one attached hydrogen (secondary N) is 1. The predicted molar refractivity (Wildman–Crippen MR) is 97.0 cm³/mol. The highest BCUT2D eigenvalue weighted by molar-refractivity contribution is 7.99. The molecule has 3 aliphatic heterocycles. The summed E-state index contributed by atoms with van der Waals surface area (Å²) in [5.41, 5.74) is 1.84. The zero-order valence-electron chi connectivity index (χ0n) is 14.2. The molecule has 2 amide bonds. The van der Waals surface area contributed by atoms with Crippen LogP contribution in [0.5, 0.6) is 5.75 Å². The SMILES string of the molecule is O=C(c1ccc2c(c1)CCCO2)N1CCN(C(=O)C2CSCN2)CC1. The van der Waals surface area contributed by atoms with Crippen LogP contribution in [0.15, 0.2) is 18.2 Å². The lowest BCUT2D eigenvalue weighted by atomic mass is 10.0. The second-order valence-corrected chi connectivity index (χ2v) is 7.69. The molecule has 1 aromatic carbocycles. The largest absolute Gasteiger partial charge is 0.493 e. The van der Waals surface area contributed by atoms with Gasteiger partial charge in [-0.15, -0.1) is 11.8 Å². The Hall–Kier alpha value is -1.73. The fraction of sp³-hybridized carbons (Fsp3) is 0.556. The van der Waals surface area contributed by atoms with E-state index in [9.17, 15) is 9.59 Å². The molecule has 6 nitrogen and oxygen atoms in total. The highest BCUT2D eigenvalue weighted by Crippen LogP contribution is 2.26. The monoisotopic (exact) mass is 361 g/mol. The van der Waals surface area contributed by atoms with Gasteiger partial charge in [0.1, 0.15) is 5.75 Å². The van der Waals surface area contributed by atoms with Crippen LogP contribution in [-0.2, 0) is 11.2 Å². The summed E-state index contributed by atoms with van der Waals surface area (Å²) in [7, 11) is 0. The van der Waals surface area contributed by atoms with E-state index >= 15 is 0 Å². The van der Waals surface area contributed by atoms with Crippen molar-refractivity contribution in [2.45, 2.75) is 18.9 Å². The van der Waals surface area contributed by atoms with Gasteiger partial charge in [-0.25, -0.2) is 0 Å². The van der Waals surface area contributed by atoms with Gasteiger partial charge in [0.25, 0.3) is 5.91 Å². The number of fused-ring (bicyclic) bond motifs is 1.